The summed E-state index contributed by atoms with van der Waals surface area (Å²) in [7, 11) is 0. The van der Waals surface area contributed by atoms with Crippen LogP contribution in [0.25, 0.3) is 0 Å². The summed E-state index contributed by atoms with van der Waals surface area (Å²) in [6.07, 6.45) is 7.81. The van der Waals surface area contributed by atoms with Crippen molar-refractivity contribution in [3.05, 3.63) is 34.6 Å². The van der Waals surface area contributed by atoms with Crippen molar-refractivity contribution >= 4 is 17.5 Å². The fraction of sp³-hybridized carbons (Fsp3) is 0.632. The molecule has 1 N–H and O–H groups in total. The van der Waals surface area contributed by atoms with E-state index in [1.54, 1.807) is 12.1 Å². The second kappa shape index (κ2) is 8.30. The van der Waals surface area contributed by atoms with E-state index < -0.39 is 0 Å². The van der Waals surface area contributed by atoms with E-state index in [1.807, 2.05) is 0 Å². The highest BCUT2D eigenvalue weighted by molar-refractivity contribution is 6.31. The van der Waals surface area contributed by atoms with Crippen LogP contribution in [0, 0.1) is 11.7 Å². The van der Waals surface area contributed by atoms with E-state index in [2.05, 4.69) is 10.2 Å². The number of hydrogen-bond donors (Lipinski definition) is 1. The molecule has 0 aromatic heterocycles. The molecule has 1 unspecified atom stereocenters. The first-order chi connectivity index (χ1) is 11.6. The van der Waals surface area contributed by atoms with Crippen LogP contribution < -0.4 is 5.32 Å². The topological polar surface area (TPSA) is 32.3 Å². The monoisotopic (exact) mass is 352 g/mol. The maximum Gasteiger partial charge on any atom is 0.224 e. The van der Waals surface area contributed by atoms with Gasteiger partial charge in [0, 0.05) is 29.7 Å². The zero-order valence-electron chi connectivity index (χ0n) is 14.1. The van der Waals surface area contributed by atoms with Gasteiger partial charge < -0.3 is 5.32 Å². The van der Waals surface area contributed by atoms with Crippen molar-refractivity contribution in [2.24, 2.45) is 5.92 Å². The van der Waals surface area contributed by atoms with Gasteiger partial charge in [0.2, 0.25) is 5.91 Å². The van der Waals surface area contributed by atoms with Crippen molar-refractivity contribution in [1.82, 2.24) is 10.2 Å². The van der Waals surface area contributed by atoms with Crippen molar-refractivity contribution in [2.75, 3.05) is 13.1 Å². The van der Waals surface area contributed by atoms with E-state index in [9.17, 15) is 9.18 Å². The average molecular weight is 353 g/mol. The zero-order valence-corrected chi connectivity index (χ0v) is 14.8. The summed E-state index contributed by atoms with van der Waals surface area (Å²) in [6, 6.07) is 5.13. The number of nitrogens with zero attached hydrogens (tertiary/aromatic N) is 1. The van der Waals surface area contributed by atoms with E-state index >= 15 is 0 Å². The maximum atomic E-state index is 14.0. The molecule has 2 fully saturated rings. The van der Waals surface area contributed by atoms with E-state index in [4.69, 9.17) is 11.6 Å². The minimum Gasteiger partial charge on any atom is -0.353 e. The Morgan fingerprint density at radius 1 is 1.21 bits per heavy atom. The average Bonchev–Trinajstić information content (AvgIpc) is 2.59. The highest BCUT2D eigenvalue weighted by Gasteiger charge is 2.28. The summed E-state index contributed by atoms with van der Waals surface area (Å²) < 4.78 is 14.0. The molecule has 132 valence electrons. The van der Waals surface area contributed by atoms with Crippen LogP contribution in [-0.4, -0.2) is 29.9 Å². The third-order valence-electron chi connectivity index (χ3n) is 5.27. The van der Waals surface area contributed by atoms with Crippen LogP contribution in [0.5, 0.6) is 0 Å². The maximum absolute atomic E-state index is 14.0. The first-order valence-corrected chi connectivity index (χ1v) is 9.47. The smallest absolute Gasteiger partial charge is 0.224 e. The molecule has 1 heterocycles. The van der Waals surface area contributed by atoms with Gasteiger partial charge in [0.1, 0.15) is 5.82 Å². The molecular weight excluding hydrogens is 327 g/mol. The third-order valence-corrected chi connectivity index (χ3v) is 5.63. The van der Waals surface area contributed by atoms with Crippen LogP contribution in [0.3, 0.4) is 0 Å². The van der Waals surface area contributed by atoms with Crippen molar-refractivity contribution in [3.8, 4) is 0 Å². The van der Waals surface area contributed by atoms with Gasteiger partial charge in [-0.25, -0.2) is 4.39 Å². The quantitative estimate of drug-likeness (QED) is 0.883. The molecule has 5 heteroatoms. The van der Waals surface area contributed by atoms with Crippen LogP contribution in [-0.2, 0) is 11.3 Å². The predicted octanol–water partition coefficient (Wildman–Crippen LogP) is 4.14. The minimum absolute atomic E-state index is 0.00576. The van der Waals surface area contributed by atoms with Gasteiger partial charge in [-0.05, 0) is 44.4 Å². The number of halogens is 2. The lowest BCUT2D eigenvalue weighted by molar-refractivity contribution is -0.127. The summed E-state index contributed by atoms with van der Waals surface area (Å²) in [5.74, 6) is -0.0891. The van der Waals surface area contributed by atoms with Crippen LogP contribution >= 0.6 is 11.6 Å². The number of hydrogen-bond acceptors (Lipinski definition) is 2. The molecule has 1 amide bonds. The molecule has 1 aliphatic heterocycles. The first kappa shape index (κ1) is 17.7. The van der Waals surface area contributed by atoms with E-state index in [-0.39, 0.29) is 17.6 Å². The zero-order chi connectivity index (χ0) is 16.9. The molecule has 24 heavy (non-hydrogen) atoms. The Bertz CT molecular complexity index is 554. The number of piperidine rings is 1. The van der Waals surface area contributed by atoms with Crippen molar-refractivity contribution in [3.63, 3.8) is 0 Å². The molecule has 0 radical (unpaired) electrons. The second-order valence-electron chi connectivity index (χ2n) is 7.12. The summed E-state index contributed by atoms with van der Waals surface area (Å²) in [6.45, 7) is 2.04. The van der Waals surface area contributed by atoms with Gasteiger partial charge in [-0.3, -0.25) is 9.69 Å². The Kier molecular flexibility index (Phi) is 6.12. The molecule has 1 atom stereocenters. The summed E-state index contributed by atoms with van der Waals surface area (Å²) in [5, 5.41) is 3.69. The Labute approximate surface area is 148 Å². The third kappa shape index (κ3) is 4.48. The molecule has 1 aromatic rings. The van der Waals surface area contributed by atoms with Crippen LogP contribution in [0.15, 0.2) is 18.2 Å². The molecule has 0 spiro atoms. The Balaban J connectivity index is 1.56. The van der Waals surface area contributed by atoms with Gasteiger partial charge in [0.25, 0.3) is 0 Å². The molecule has 1 saturated heterocycles. The fourth-order valence-corrected chi connectivity index (χ4v) is 4.11. The SMILES string of the molecule is O=C(NC1CCCCC1)C1CCCN(Cc2c(F)cccc2Cl)C1. The summed E-state index contributed by atoms with van der Waals surface area (Å²) >= 11 is 6.13. The van der Waals surface area contributed by atoms with Gasteiger partial charge in [-0.1, -0.05) is 36.9 Å². The van der Waals surface area contributed by atoms with E-state index in [1.165, 1.54) is 25.3 Å². The Hall–Kier alpha value is -1.13. The van der Waals surface area contributed by atoms with Crippen LogP contribution in [0.4, 0.5) is 4.39 Å². The number of carbonyl (C=O) groups is 1. The van der Waals surface area contributed by atoms with Crippen LogP contribution in [0.2, 0.25) is 5.02 Å². The number of amides is 1. The number of benzene rings is 1. The fourth-order valence-electron chi connectivity index (χ4n) is 3.89. The predicted molar refractivity (Wildman–Crippen MR) is 94.4 cm³/mol. The van der Waals surface area contributed by atoms with Crippen LogP contribution in [0.1, 0.15) is 50.5 Å². The molecule has 1 aromatic carbocycles. The molecular formula is C19H26ClFN2O. The molecule has 2 aliphatic rings. The standard InChI is InChI=1S/C19H26ClFN2O/c20-17-9-4-10-18(21)16(17)13-23-11-5-6-14(12-23)19(24)22-15-7-2-1-3-8-15/h4,9-10,14-15H,1-3,5-8,11-13H2,(H,22,24). The normalized spacial score (nSPS) is 23.2. The Morgan fingerprint density at radius 2 is 2.00 bits per heavy atom. The first-order valence-electron chi connectivity index (χ1n) is 9.09. The molecule has 1 aliphatic carbocycles. The largest absolute Gasteiger partial charge is 0.353 e. The van der Waals surface area contributed by atoms with Gasteiger partial charge in [-0.2, -0.15) is 0 Å². The molecule has 1 saturated carbocycles. The molecule has 3 nitrogen and oxygen atoms in total. The summed E-state index contributed by atoms with van der Waals surface area (Å²) in [5.41, 5.74) is 0.535. The number of rotatable bonds is 4. The second-order valence-corrected chi connectivity index (χ2v) is 7.53. The number of nitrogens with one attached hydrogen (secondary N) is 1. The number of carbonyl (C=O) groups excluding carboxylic acids is 1. The van der Waals surface area contributed by atoms with E-state index in [0.717, 1.165) is 32.2 Å². The van der Waals surface area contributed by atoms with Gasteiger partial charge >= 0.3 is 0 Å². The summed E-state index contributed by atoms with van der Waals surface area (Å²) in [4.78, 5) is 14.7. The highest BCUT2D eigenvalue weighted by atomic mass is 35.5. The van der Waals surface area contributed by atoms with Gasteiger partial charge in [0.15, 0.2) is 0 Å². The lowest BCUT2D eigenvalue weighted by Crippen LogP contribution is -2.46. The molecule has 3 rings (SSSR count). The van der Waals surface area contributed by atoms with Crippen molar-refractivity contribution in [1.29, 1.82) is 0 Å². The van der Waals surface area contributed by atoms with Crippen molar-refractivity contribution in [2.45, 2.75) is 57.5 Å². The van der Waals surface area contributed by atoms with E-state index in [0.29, 0.717) is 29.7 Å². The van der Waals surface area contributed by atoms with Crippen molar-refractivity contribution < 1.29 is 9.18 Å². The number of likely N-dealkylation sites (tertiary alicyclic amines) is 1. The van der Waals surface area contributed by atoms with Gasteiger partial charge in [0.05, 0.1) is 5.92 Å². The molecule has 0 bridgehead atoms. The minimum atomic E-state index is -0.267. The van der Waals surface area contributed by atoms with Gasteiger partial charge in [-0.15, -0.1) is 0 Å². The highest BCUT2D eigenvalue weighted by Crippen LogP contribution is 2.25. The lowest BCUT2D eigenvalue weighted by Gasteiger charge is -2.33. The Morgan fingerprint density at radius 3 is 2.75 bits per heavy atom. The lowest BCUT2D eigenvalue weighted by atomic mass is 9.93.